The van der Waals surface area contributed by atoms with Gasteiger partial charge in [0, 0.05) is 12.3 Å². The molecule has 0 atom stereocenters. The summed E-state index contributed by atoms with van der Waals surface area (Å²) >= 11 is 0. The van der Waals surface area contributed by atoms with Gasteiger partial charge in [-0.25, -0.2) is 0 Å². The highest BCUT2D eigenvalue weighted by molar-refractivity contribution is 5.47. The maximum absolute atomic E-state index is 11.6. The number of benzene rings is 1. The molecule has 20 heavy (non-hydrogen) atoms. The standard InChI is InChI=1S/C16H16N2O2/c1-12-9-14(11-17)10-13(2)16(12)20-8-7-18-6-4-3-5-15(18)19/h3-6,9-10H,7-8H2,1-2H3. The van der Waals surface area contributed by atoms with Crippen molar-refractivity contribution in [3.8, 4) is 11.8 Å². The molecule has 4 nitrogen and oxygen atoms in total. The van der Waals surface area contributed by atoms with E-state index in [0.29, 0.717) is 18.7 Å². The Bertz CT molecular complexity index is 688. The molecule has 0 bridgehead atoms. The number of pyridine rings is 1. The lowest BCUT2D eigenvalue weighted by Gasteiger charge is -2.13. The Morgan fingerprint density at radius 2 is 1.95 bits per heavy atom. The molecule has 0 unspecified atom stereocenters. The van der Waals surface area contributed by atoms with E-state index in [-0.39, 0.29) is 5.56 Å². The van der Waals surface area contributed by atoms with E-state index >= 15 is 0 Å². The van der Waals surface area contributed by atoms with Crippen LogP contribution in [0.1, 0.15) is 16.7 Å². The Hall–Kier alpha value is -2.54. The molecule has 2 rings (SSSR count). The van der Waals surface area contributed by atoms with Gasteiger partial charge in [0.25, 0.3) is 5.56 Å². The lowest BCUT2D eigenvalue weighted by Crippen LogP contribution is -2.21. The van der Waals surface area contributed by atoms with Crippen LogP contribution in [0.25, 0.3) is 0 Å². The summed E-state index contributed by atoms with van der Waals surface area (Å²) in [4.78, 5) is 11.6. The summed E-state index contributed by atoms with van der Waals surface area (Å²) in [5.41, 5.74) is 2.46. The van der Waals surface area contributed by atoms with Gasteiger partial charge in [0.05, 0.1) is 18.2 Å². The van der Waals surface area contributed by atoms with Crippen LogP contribution in [0.4, 0.5) is 0 Å². The fourth-order valence-electron chi connectivity index (χ4n) is 2.13. The highest BCUT2D eigenvalue weighted by atomic mass is 16.5. The molecule has 1 aromatic carbocycles. The molecule has 0 radical (unpaired) electrons. The zero-order valence-electron chi connectivity index (χ0n) is 11.6. The van der Waals surface area contributed by atoms with Crippen molar-refractivity contribution < 1.29 is 4.74 Å². The fraction of sp³-hybridized carbons (Fsp3) is 0.250. The number of rotatable bonds is 4. The molecule has 1 heterocycles. The van der Waals surface area contributed by atoms with Crippen molar-refractivity contribution in [1.29, 1.82) is 5.26 Å². The van der Waals surface area contributed by atoms with E-state index in [9.17, 15) is 4.79 Å². The van der Waals surface area contributed by atoms with Crippen LogP contribution < -0.4 is 10.3 Å². The Kier molecular flexibility index (Phi) is 4.21. The monoisotopic (exact) mass is 268 g/mol. The molecule has 102 valence electrons. The molecule has 0 saturated carbocycles. The normalized spacial score (nSPS) is 10.1. The third kappa shape index (κ3) is 3.07. The van der Waals surface area contributed by atoms with Crippen LogP contribution in [0, 0.1) is 25.2 Å². The highest BCUT2D eigenvalue weighted by Gasteiger charge is 2.06. The molecule has 0 aliphatic carbocycles. The van der Waals surface area contributed by atoms with Crippen molar-refractivity contribution in [1.82, 2.24) is 4.57 Å². The Balaban J connectivity index is 2.07. The van der Waals surface area contributed by atoms with Gasteiger partial charge in [0.2, 0.25) is 0 Å². The van der Waals surface area contributed by atoms with E-state index in [1.807, 2.05) is 19.9 Å². The zero-order chi connectivity index (χ0) is 14.5. The maximum atomic E-state index is 11.6. The van der Waals surface area contributed by atoms with Crippen molar-refractivity contribution in [2.24, 2.45) is 0 Å². The minimum atomic E-state index is -0.0376. The van der Waals surface area contributed by atoms with Gasteiger partial charge in [-0.05, 0) is 43.2 Å². The number of aromatic nitrogens is 1. The summed E-state index contributed by atoms with van der Waals surface area (Å²) in [5.74, 6) is 0.785. The third-order valence-electron chi connectivity index (χ3n) is 3.07. The first-order valence-electron chi connectivity index (χ1n) is 6.41. The molecule has 0 aliphatic heterocycles. The molecule has 4 heteroatoms. The number of hydrogen-bond donors (Lipinski definition) is 0. The van der Waals surface area contributed by atoms with Crippen molar-refractivity contribution >= 4 is 0 Å². The molecule has 0 N–H and O–H groups in total. The number of aryl methyl sites for hydroxylation is 2. The van der Waals surface area contributed by atoms with E-state index in [0.717, 1.165) is 16.9 Å². The number of ether oxygens (including phenoxy) is 1. The van der Waals surface area contributed by atoms with Crippen LogP contribution in [0.3, 0.4) is 0 Å². The maximum Gasteiger partial charge on any atom is 0.250 e. The van der Waals surface area contributed by atoms with Gasteiger partial charge in [-0.2, -0.15) is 5.26 Å². The molecule has 0 saturated heterocycles. The summed E-state index contributed by atoms with van der Waals surface area (Å²) in [5, 5.41) is 8.90. The number of nitriles is 1. The first kappa shape index (κ1) is 13.9. The van der Waals surface area contributed by atoms with E-state index in [1.54, 1.807) is 29.0 Å². The predicted molar refractivity (Wildman–Crippen MR) is 76.8 cm³/mol. The van der Waals surface area contributed by atoms with Gasteiger partial charge >= 0.3 is 0 Å². The van der Waals surface area contributed by atoms with Crippen LogP contribution in [0.15, 0.2) is 41.3 Å². The largest absolute Gasteiger partial charge is 0.491 e. The second-order valence-electron chi connectivity index (χ2n) is 4.63. The molecule has 0 spiro atoms. The molecular weight excluding hydrogens is 252 g/mol. The summed E-state index contributed by atoms with van der Waals surface area (Å²) < 4.78 is 7.36. The SMILES string of the molecule is Cc1cc(C#N)cc(C)c1OCCn1ccccc1=O. The van der Waals surface area contributed by atoms with Crippen LogP contribution in [0.2, 0.25) is 0 Å². The van der Waals surface area contributed by atoms with Gasteiger partial charge in [0.15, 0.2) is 0 Å². The van der Waals surface area contributed by atoms with Gasteiger partial charge in [0.1, 0.15) is 12.4 Å². The third-order valence-corrected chi connectivity index (χ3v) is 3.07. The zero-order valence-corrected chi connectivity index (χ0v) is 11.6. The summed E-state index contributed by atoms with van der Waals surface area (Å²) in [6.07, 6.45) is 1.74. The van der Waals surface area contributed by atoms with E-state index in [1.165, 1.54) is 6.07 Å². The lowest BCUT2D eigenvalue weighted by molar-refractivity contribution is 0.292. The average Bonchev–Trinajstić information content (AvgIpc) is 2.43. The van der Waals surface area contributed by atoms with Crippen LogP contribution in [-0.4, -0.2) is 11.2 Å². The van der Waals surface area contributed by atoms with E-state index in [2.05, 4.69) is 6.07 Å². The van der Waals surface area contributed by atoms with Crippen molar-refractivity contribution in [3.63, 3.8) is 0 Å². The minimum Gasteiger partial charge on any atom is -0.491 e. The van der Waals surface area contributed by atoms with Crippen molar-refractivity contribution in [3.05, 3.63) is 63.6 Å². The van der Waals surface area contributed by atoms with Crippen LogP contribution in [0.5, 0.6) is 5.75 Å². The smallest absolute Gasteiger partial charge is 0.250 e. The first-order chi connectivity index (χ1) is 9.61. The van der Waals surface area contributed by atoms with Gasteiger partial charge in [-0.15, -0.1) is 0 Å². The Labute approximate surface area is 117 Å². The van der Waals surface area contributed by atoms with E-state index < -0.39 is 0 Å². The summed E-state index contributed by atoms with van der Waals surface area (Å²) in [6, 6.07) is 10.8. The quantitative estimate of drug-likeness (QED) is 0.855. The van der Waals surface area contributed by atoms with Crippen molar-refractivity contribution in [2.45, 2.75) is 20.4 Å². The lowest BCUT2D eigenvalue weighted by atomic mass is 10.1. The topological polar surface area (TPSA) is 55.0 Å². The van der Waals surface area contributed by atoms with Crippen LogP contribution in [-0.2, 0) is 6.54 Å². The first-order valence-corrected chi connectivity index (χ1v) is 6.41. The second-order valence-corrected chi connectivity index (χ2v) is 4.63. The number of hydrogen-bond acceptors (Lipinski definition) is 3. The minimum absolute atomic E-state index is 0.0376. The van der Waals surface area contributed by atoms with Crippen molar-refractivity contribution in [2.75, 3.05) is 6.61 Å². The van der Waals surface area contributed by atoms with E-state index in [4.69, 9.17) is 10.00 Å². The second kappa shape index (κ2) is 6.07. The van der Waals surface area contributed by atoms with Crippen LogP contribution >= 0.6 is 0 Å². The molecule has 0 amide bonds. The molecule has 2 aromatic rings. The Morgan fingerprint density at radius 3 is 2.55 bits per heavy atom. The molecular formula is C16H16N2O2. The van der Waals surface area contributed by atoms with Gasteiger partial charge < -0.3 is 9.30 Å². The fourth-order valence-corrected chi connectivity index (χ4v) is 2.13. The summed E-state index contributed by atoms with van der Waals surface area (Å²) in [7, 11) is 0. The Morgan fingerprint density at radius 1 is 1.25 bits per heavy atom. The number of nitrogens with zero attached hydrogens (tertiary/aromatic N) is 2. The molecule has 1 aromatic heterocycles. The molecule has 0 fully saturated rings. The van der Waals surface area contributed by atoms with Gasteiger partial charge in [-0.1, -0.05) is 6.07 Å². The predicted octanol–water partition coefficient (Wildman–Crippen LogP) is 2.42. The highest BCUT2D eigenvalue weighted by Crippen LogP contribution is 2.24. The van der Waals surface area contributed by atoms with Gasteiger partial charge in [-0.3, -0.25) is 4.79 Å². The average molecular weight is 268 g/mol. The molecule has 0 aliphatic rings. The summed E-state index contributed by atoms with van der Waals surface area (Å²) in [6.45, 7) is 4.74.